The lowest BCUT2D eigenvalue weighted by atomic mass is 10.1. The van der Waals surface area contributed by atoms with E-state index in [0.717, 1.165) is 19.5 Å². The van der Waals surface area contributed by atoms with E-state index in [1.54, 1.807) is 0 Å². The Kier molecular flexibility index (Phi) is 4.74. The van der Waals surface area contributed by atoms with E-state index in [1.807, 2.05) is 11.3 Å². The molecule has 0 atom stereocenters. The Bertz CT molecular complexity index is 437. The first kappa shape index (κ1) is 12.3. The molecule has 3 heteroatoms. The third-order valence-corrected chi connectivity index (χ3v) is 3.62. The largest absolute Gasteiger partial charge is 0.326 e. The molecule has 2 rings (SSSR count). The molecule has 1 heterocycles. The van der Waals surface area contributed by atoms with Crippen LogP contribution in [0.5, 0.6) is 0 Å². The van der Waals surface area contributed by atoms with Crippen molar-refractivity contribution < 1.29 is 0 Å². The van der Waals surface area contributed by atoms with Gasteiger partial charge in [-0.1, -0.05) is 30.3 Å². The van der Waals surface area contributed by atoms with Crippen LogP contribution in [0.2, 0.25) is 0 Å². The maximum Gasteiger partial charge on any atom is 0.0205 e. The lowest BCUT2D eigenvalue weighted by Gasteiger charge is -2.05. The normalized spacial score (nSPS) is 10.6. The molecule has 0 fully saturated rings. The molecule has 1 aromatic carbocycles. The first-order chi connectivity index (χ1) is 8.38. The molecule has 0 bridgehead atoms. The standard InChI is InChI=1S/C14H18N2S/c15-10-12-3-1-4-13(9-12)11-16-7-6-14-5-2-8-17-14/h1-5,8-9,16H,6-7,10-11,15H2. The minimum Gasteiger partial charge on any atom is -0.326 e. The summed E-state index contributed by atoms with van der Waals surface area (Å²) in [5.41, 5.74) is 8.12. The molecule has 0 saturated carbocycles. The van der Waals surface area contributed by atoms with Gasteiger partial charge in [-0.25, -0.2) is 0 Å². The summed E-state index contributed by atoms with van der Waals surface area (Å²) in [7, 11) is 0. The van der Waals surface area contributed by atoms with Gasteiger partial charge in [0.05, 0.1) is 0 Å². The lowest BCUT2D eigenvalue weighted by Crippen LogP contribution is -2.16. The summed E-state index contributed by atoms with van der Waals surface area (Å²) in [6, 6.07) is 12.7. The highest BCUT2D eigenvalue weighted by Gasteiger charge is 1.96. The molecule has 0 aliphatic rings. The lowest BCUT2D eigenvalue weighted by molar-refractivity contribution is 0.690. The fourth-order valence-corrected chi connectivity index (χ4v) is 2.47. The first-order valence-electron chi connectivity index (χ1n) is 5.89. The van der Waals surface area contributed by atoms with Crippen LogP contribution >= 0.6 is 11.3 Å². The summed E-state index contributed by atoms with van der Waals surface area (Å²) in [4.78, 5) is 1.44. The number of rotatable bonds is 6. The second-order valence-corrected chi connectivity index (χ2v) is 5.06. The molecule has 0 radical (unpaired) electrons. The third kappa shape index (κ3) is 3.97. The van der Waals surface area contributed by atoms with Crippen molar-refractivity contribution >= 4 is 11.3 Å². The van der Waals surface area contributed by atoms with E-state index >= 15 is 0 Å². The van der Waals surface area contributed by atoms with Gasteiger partial charge in [0.25, 0.3) is 0 Å². The topological polar surface area (TPSA) is 38.0 Å². The highest BCUT2D eigenvalue weighted by Crippen LogP contribution is 2.08. The van der Waals surface area contributed by atoms with E-state index in [-0.39, 0.29) is 0 Å². The van der Waals surface area contributed by atoms with Crippen LogP contribution in [0.4, 0.5) is 0 Å². The summed E-state index contributed by atoms with van der Waals surface area (Å²) >= 11 is 1.82. The Morgan fingerprint density at radius 1 is 1.12 bits per heavy atom. The van der Waals surface area contributed by atoms with E-state index in [2.05, 4.69) is 47.1 Å². The van der Waals surface area contributed by atoms with Crippen LogP contribution in [0.25, 0.3) is 0 Å². The molecule has 0 aliphatic carbocycles. The fraction of sp³-hybridized carbons (Fsp3) is 0.286. The van der Waals surface area contributed by atoms with Gasteiger partial charge in [-0.3, -0.25) is 0 Å². The Hall–Kier alpha value is -1.16. The van der Waals surface area contributed by atoms with E-state index < -0.39 is 0 Å². The zero-order chi connectivity index (χ0) is 11.9. The molecule has 90 valence electrons. The molecule has 1 aromatic heterocycles. The molecule has 0 amide bonds. The van der Waals surface area contributed by atoms with Crippen LogP contribution in [0.15, 0.2) is 41.8 Å². The Morgan fingerprint density at radius 3 is 2.76 bits per heavy atom. The number of nitrogens with one attached hydrogen (secondary N) is 1. The van der Waals surface area contributed by atoms with Crippen molar-refractivity contribution in [3.8, 4) is 0 Å². The number of thiophene rings is 1. The number of hydrogen-bond acceptors (Lipinski definition) is 3. The van der Waals surface area contributed by atoms with Crippen LogP contribution in [-0.2, 0) is 19.5 Å². The number of hydrogen-bond donors (Lipinski definition) is 2. The van der Waals surface area contributed by atoms with Crippen molar-refractivity contribution in [3.05, 3.63) is 57.8 Å². The predicted octanol–water partition coefficient (Wildman–Crippen LogP) is 2.54. The molecule has 2 aromatic rings. The van der Waals surface area contributed by atoms with E-state index in [9.17, 15) is 0 Å². The Morgan fingerprint density at radius 2 is 2.00 bits per heavy atom. The summed E-state index contributed by atoms with van der Waals surface area (Å²) in [6.45, 7) is 2.55. The average Bonchev–Trinajstić information content (AvgIpc) is 2.88. The van der Waals surface area contributed by atoms with Gasteiger partial charge in [0.1, 0.15) is 0 Å². The molecule has 0 saturated heterocycles. The fourth-order valence-electron chi connectivity index (χ4n) is 1.77. The highest BCUT2D eigenvalue weighted by molar-refractivity contribution is 7.09. The van der Waals surface area contributed by atoms with Crippen LogP contribution < -0.4 is 11.1 Å². The van der Waals surface area contributed by atoms with Gasteiger partial charge in [-0.15, -0.1) is 11.3 Å². The highest BCUT2D eigenvalue weighted by atomic mass is 32.1. The Balaban J connectivity index is 1.74. The molecular weight excluding hydrogens is 228 g/mol. The van der Waals surface area contributed by atoms with Gasteiger partial charge >= 0.3 is 0 Å². The monoisotopic (exact) mass is 246 g/mol. The molecular formula is C14H18N2S. The van der Waals surface area contributed by atoms with Gasteiger partial charge < -0.3 is 11.1 Å². The van der Waals surface area contributed by atoms with E-state index in [1.165, 1.54) is 16.0 Å². The van der Waals surface area contributed by atoms with Crippen LogP contribution in [0, 0.1) is 0 Å². The van der Waals surface area contributed by atoms with Crippen molar-refractivity contribution in [2.75, 3.05) is 6.54 Å². The minimum atomic E-state index is 0.614. The smallest absolute Gasteiger partial charge is 0.0205 e. The third-order valence-electron chi connectivity index (χ3n) is 2.68. The summed E-state index contributed by atoms with van der Waals surface area (Å²) in [5, 5.41) is 5.58. The second-order valence-electron chi connectivity index (χ2n) is 4.03. The molecule has 17 heavy (non-hydrogen) atoms. The quantitative estimate of drug-likeness (QED) is 0.769. The number of nitrogens with two attached hydrogens (primary N) is 1. The number of benzene rings is 1. The molecule has 0 spiro atoms. The maximum absolute atomic E-state index is 5.62. The predicted molar refractivity (Wildman–Crippen MR) is 74.1 cm³/mol. The average molecular weight is 246 g/mol. The van der Waals surface area contributed by atoms with Crippen molar-refractivity contribution in [1.82, 2.24) is 5.32 Å². The van der Waals surface area contributed by atoms with Crippen LogP contribution in [0.1, 0.15) is 16.0 Å². The molecule has 3 N–H and O–H groups in total. The van der Waals surface area contributed by atoms with Gasteiger partial charge in [0, 0.05) is 24.5 Å². The van der Waals surface area contributed by atoms with Gasteiger partial charge in [0.15, 0.2) is 0 Å². The summed E-state index contributed by atoms with van der Waals surface area (Å²) in [5.74, 6) is 0. The van der Waals surface area contributed by atoms with E-state index in [0.29, 0.717) is 6.54 Å². The zero-order valence-corrected chi connectivity index (χ0v) is 10.7. The maximum atomic E-state index is 5.62. The SMILES string of the molecule is NCc1cccc(CNCCc2cccs2)c1. The first-order valence-corrected chi connectivity index (χ1v) is 6.77. The second kappa shape index (κ2) is 6.55. The van der Waals surface area contributed by atoms with Crippen molar-refractivity contribution in [2.45, 2.75) is 19.5 Å². The van der Waals surface area contributed by atoms with Gasteiger partial charge in [-0.05, 0) is 29.0 Å². The minimum absolute atomic E-state index is 0.614. The molecule has 2 nitrogen and oxygen atoms in total. The van der Waals surface area contributed by atoms with Gasteiger partial charge in [-0.2, -0.15) is 0 Å². The van der Waals surface area contributed by atoms with Crippen molar-refractivity contribution in [1.29, 1.82) is 0 Å². The van der Waals surface area contributed by atoms with E-state index in [4.69, 9.17) is 5.73 Å². The summed E-state index contributed by atoms with van der Waals surface area (Å²) < 4.78 is 0. The molecule has 0 aliphatic heterocycles. The van der Waals surface area contributed by atoms with Gasteiger partial charge in [0.2, 0.25) is 0 Å². The Labute approximate surface area is 106 Å². The molecule has 0 unspecified atom stereocenters. The van der Waals surface area contributed by atoms with Crippen LogP contribution in [-0.4, -0.2) is 6.54 Å². The van der Waals surface area contributed by atoms with Crippen molar-refractivity contribution in [3.63, 3.8) is 0 Å². The van der Waals surface area contributed by atoms with Crippen LogP contribution in [0.3, 0.4) is 0 Å². The summed E-state index contributed by atoms with van der Waals surface area (Å²) in [6.07, 6.45) is 1.11. The zero-order valence-electron chi connectivity index (χ0n) is 9.86. The van der Waals surface area contributed by atoms with Crippen molar-refractivity contribution in [2.24, 2.45) is 5.73 Å².